The molecule has 0 fully saturated rings. The number of unbranched alkanes of at least 4 members (excludes halogenated alkanes) is 1. The first-order valence-corrected chi connectivity index (χ1v) is 11.9. The summed E-state index contributed by atoms with van der Waals surface area (Å²) in [7, 11) is 0. The van der Waals surface area contributed by atoms with Gasteiger partial charge in [0, 0.05) is 18.5 Å². The van der Waals surface area contributed by atoms with E-state index >= 15 is 0 Å². The first-order chi connectivity index (χ1) is 16.6. The van der Waals surface area contributed by atoms with Crippen LogP contribution >= 0.6 is 0 Å². The lowest BCUT2D eigenvalue weighted by atomic mass is 9.94. The van der Waals surface area contributed by atoms with Gasteiger partial charge in [-0.1, -0.05) is 58.4 Å². The van der Waals surface area contributed by atoms with Gasteiger partial charge in [-0.15, -0.1) is 0 Å². The summed E-state index contributed by atoms with van der Waals surface area (Å²) in [4.78, 5) is 42.7. The van der Waals surface area contributed by atoms with Crippen molar-refractivity contribution >= 4 is 22.8 Å². The van der Waals surface area contributed by atoms with Crippen molar-refractivity contribution in [1.82, 2.24) is 9.80 Å². The van der Waals surface area contributed by atoms with Crippen molar-refractivity contribution in [3.05, 3.63) is 82.0 Å². The van der Waals surface area contributed by atoms with Crippen LogP contribution in [0.2, 0.25) is 0 Å². The van der Waals surface area contributed by atoms with E-state index in [9.17, 15) is 18.8 Å². The van der Waals surface area contributed by atoms with Crippen molar-refractivity contribution in [2.45, 2.75) is 53.6 Å². The predicted octanol–water partition coefficient (Wildman–Crippen LogP) is 5.14. The number of hydrogen-bond donors (Lipinski definition) is 0. The molecule has 3 aromatic rings. The molecule has 2 aromatic carbocycles. The summed E-state index contributed by atoms with van der Waals surface area (Å²) in [5.74, 6) is -0.773. The van der Waals surface area contributed by atoms with Gasteiger partial charge in [-0.2, -0.15) is 0 Å². The Morgan fingerprint density at radius 3 is 2.31 bits per heavy atom. The lowest BCUT2D eigenvalue weighted by Gasteiger charge is -2.31. The predicted molar refractivity (Wildman–Crippen MR) is 134 cm³/mol. The van der Waals surface area contributed by atoms with E-state index < -0.39 is 5.41 Å². The quantitative estimate of drug-likeness (QED) is 0.425. The number of carbonyl (C=O) groups is 2. The Bertz CT molecular complexity index is 1230. The maximum Gasteiger partial charge on any atom is 0.242 e. The number of rotatable bonds is 9. The summed E-state index contributed by atoms with van der Waals surface area (Å²) in [6.07, 6.45) is 3.05. The number of para-hydroxylation sites is 1. The average Bonchev–Trinajstić information content (AvgIpc) is 2.83. The Kier molecular flexibility index (Phi) is 8.43. The molecular weight excluding hydrogens is 447 g/mol. The van der Waals surface area contributed by atoms with Crippen LogP contribution in [0.25, 0.3) is 11.0 Å². The van der Waals surface area contributed by atoms with E-state index in [0.29, 0.717) is 28.6 Å². The molecule has 0 aliphatic heterocycles. The number of nitrogens with zero attached hydrogens (tertiary/aromatic N) is 2. The molecule has 3 rings (SSSR count). The van der Waals surface area contributed by atoms with Crippen molar-refractivity contribution in [2.75, 3.05) is 13.1 Å². The van der Waals surface area contributed by atoms with Crippen molar-refractivity contribution in [3.8, 4) is 0 Å². The van der Waals surface area contributed by atoms with Gasteiger partial charge in [0.15, 0.2) is 5.43 Å². The number of halogens is 1. The van der Waals surface area contributed by atoms with Crippen LogP contribution in [0.1, 0.15) is 51.7 Å². The van der Waals surface area contributed by atoms with E-state index in [1.165, 1.54) is 23.3 Å². The summed E-state index contributed by atoms with van der Waals surface area (Å²) in [6.45, 7) is 8.06. The van der Waals surface area contributed by atoms with Crippen LogP contribution in [0.3, 0.4) is 0 Å². The van der Waals surface area contributed by atoms with Gasteiger partial charge in [-0.05, 0) is 36.2 Å². The second-order valence-electron chi connectivity index (χ2n) is 9.79. The first kappa shape index (κ1) is 26.1. The molecule has 35 heavy (non-hydrogen) atoms. The van der Waals surface area contributed by atoms with Crippen LogP contribution < -0.4 is 5.43 Å². The van der Waals surface area contributed by atoms with Gasteiger partial charge in [0.05, 0.1) is 30.3 Å². The highest BCUT2D eigenvalue weighted by Crippen LogP contribution is 2.19. The van der Waals surface area contributed by atoms with Gasteiger partial charge >= 0.3 is 0 Å². The maximum atomic E-state index is 13.5. The number of carbonyl (C=O) groups excluding carboxylic acids is 2. The largest absolute Gasteiger partial charge is 0.464 e. The molecule has 6 nitrogen and oxygen atoms in total. The van der Waals surface area contributed by atoms with Crippen molar-refractivity contribution in [3.63, 3.8) is 0 Å². The number of amides is 2. The molecule has 0 N–H and O–H groups in total. The molecule has 0 saturated heterocycles. The molecular formula is C28H33FN2O4. The number of fused-ring (bicyclic) bond motifs is 1. The molecule has 0 atom stereocenters. The van der Waals surface area contributed by atoms with Crippen LogP contribution in [0, 0.1) is 11.2 Å². The van der Waals surface area contributed by atoms with E-state index in [0.717, 1.165) is 12.8 Å². The van der Waals surface area contributed by atoms with E-state index in [1.807, 2.05) is 27.7 Å². The Morgan fingerprint density at radius 2 is 1.66 bits per heavy atom. The van der Waals surface area contributed by atoms with Crippen LogP contribution in [0.15, 0.2) is 64.0 Å². The molecule has 0 unspecified atom stereocenters. The molecule has 0 aliphatic rings. The minimum absolute atomic E-state index is 0.00863. The molecule has 0 saturated carbocycles. The SMILES string of the molecule is CCCCN(CC(=O)N(Cc1ccc(F)cc1)Cc1coc2ccccc2c1=O)C(=O)C(C)(C)C. The highest BCUT2D eigenvalue weighted by atomic mass is 19.1. The van der Waals surface area contributed by atoms with Crippen LogP contribution in [0.5, 0.6) is 0 Å². The second kappa shape index (κ2) is 11.3. The lowest BCUT2D eigenvalue weighted by molar-refractivity contribution is -0.146. The van der Waals surface area contributed by atoms with Crippen LogP contribution in [-0.4, -0.2) is 34.7 Å². The van der Waals surface area contributed by atoms with Gasteiger partial charge in [0.1, 0.15) is 11.4 Å². The minimum Gasteiger partial charge on any atom is -0.464 e. The number of benzene rings is 2. The summed E-state index contributed by atoms with van der Waals surface area (Å²) < 4.78 is 19.1. The van der Waals surface area contributed by atoms with Gasteiger partial charge in [-0.3, -0.25) is 14.4 Å². The zero-order valence-electron chi connectivity index (χ0n) is 20.8. The second-order valence-corrected chi connectivity index (χ2v) is 9.79. The normalized spacial score (nSPS) is 11.5. The third kappa shape index (κ3) is 6.78. The van der Waals surface area contributed by atoms with Crippen molar-refractivity contribution < 1.29 is 18.4 Å². The fourth-order valence-electron chi connectivity index (χ4n) is 3.81. The van der Waals surface area contributed by atoms with E-state index in [4.69, 9.17) is 4.42 Å². The highest BCUT2D eigenvalue weighted by molar-refractivity contribution is 5.87. The fraction of sp³-hybridized carbons (Fsp3) is 0.393. The zero-order chi connectivity index (χ0) is 25.6. The number of hydrogen-bond acceptors (Lipinski definition) is 4. The molecule has 1 aromatic heterocycles. The van der Waals surface area contributed by atoms with Crippen molar-refractivity contribution in [2.24, 2.45) is 5.41 Å². The maximum absolute atomic E-state index is 13.5. The van der Waals surface area contributed by atoms with Crippen LogP contribution in [-0.2, 0) is 22.7 Å². The topological polar surface area (TPSA) is 70.8 Å². The summed E-state index contributed by atoms with van der Waals surface area (Å²) in [5.41, 5.74) is 0.681. The van der Waals surface area contributed by atoms with Gasteiger partial charge < -0.3 is 14.2 Å². The van der Waals surface area contributed by atoms with E-state index in [2.05, 4.69) is 0 Å². The Labute approximate surface area is 205 Å². The minimum atomic E-state index is -0.630. The highest BCUT2D eigenvalue weighted by Gasteiger charge is 2.30. The molecule has 1 heterocycles. The Hall–Kier alpha value is -3.48. The summed E-state index contributed by atoms with van der Waals surface area (Å²) in [5, 5.41) is 0.437. The third-order valence-corrected chi connectivity index (χ3v) is 5.79. The zero-order valence-corrected chi connectivity index (χ0v) is 20.8. The molecule has 0 aliphatic carbocycles. The lowest BCUT2D eigenvalue weighted by Crippen LogP contribution is -2.46. The molecule has 2 amide bonds. The summed E-state index contributed by atoms with van der Waals surface area (Å²) in [6, 6.07) is 12.8. The molecule has 7 heteroatoms. The average molecular weight is 481 g/mol. The monoisotopic (exact) mass is 480 g/mol. The standard InChI is InChI=1S/C28H33FN2O4/c1-5-6-15-30(27(34)28(2,3)4)18-25(32)31(16-20-11-13-22(29)14-12-20)17-21-19-35-24-10-8-7-9-23(24)26(21)33/h7-14,19H,5-6,15-18H2,1-4H3. The Balaban J connectivity index is 1.92. The van der Waals surface area contributed by atoms with E-state index in [1.54, 1.807) is 41.3 Å². The van der Waals surface area contributed by atoms with Gasteiger partial charge in [-0.25, -0.2) is 4.39 Å². The summed E-state index contributed by atoms with van der Waals surface area (Å²) >= 11 is 0. The van der Waals surface area contributed by atoms with Gasteiger partial charge in [0.2, 0.25) is 11.8 Å². The van der Waals surface area contributed by atoms with Crippen LogP contribution in [0.4, 0.5) is 4.39 Å². The smallest absolute Gasteiger partial charge is 0.242 e. The van der Waals surface area contributed by atoms with Crippen molar-refractivity contribution in [1.29, 1.82) is 0 Å². The molecule has 0 bridgehead atoms. The molecule has 0 radical (unpaired) electrons. The molecule has 0 spiro atoms. The fourth-order valence-corrected chi connectivity index (χ4v) is 3.81. The molecule has 186 valence electrons. The van der Waals surface area contributed by atoms with Gasteiger partial charge in [0.25, 0.3) is 0 Å². The Morgan fingerprint density at radius 1 is 0.971 bits per heavy atom. The van der Waals surface area contributed by atoms with E-state index in [-0.39, 0.29) is 42.7 Å². The first-order valence-electron chi connectivity index (χ1n) is 11.9. The third-order valence-electron chi connectivity index (χ3n) is 5.79.